The zero-order valence-corrected chi connectivity index (χ0v) is 9.62. The number of aliphatic hydroxyl groups excluding tert-OH is 1. The second-order valence-corrected chi connectivity index (χ2v) is 4.99. The Morgan fingerprint density at radius 2 is 1.87 bits per heavy atom. The van der Waals surface area contributed by atoms with Crippen LogP contribution in [0.15, 0.2) is 0 Å². The summed E-state index contributed by atoms with van der Waals surface area (Å²) in [7, 11) is 0. The third-order valence-electron chi connectivity index (χ3n) is 3.71. The van der Waals surface area contributed by atoms with Crippen molar-refractivity contribution >= 4 is 0 Å². The molecule has 2 unspecified atom stereocenters. The first-order chi connectivity index (χ1) is 7.36. The lowest BCUT2D eigenvalue weighted by Crippen LogP contribution is -2.43. The lowest BCUT2D eigenvalue weighted by molar-refractivity contribution is 0.0865. The topological polar surface area (TPSA) is 35.5 Å². The number of hydrogen-bond donors (Lipinski definition) is 2. The van der Waals surface area contributed by atoms with Crippen molar-refractivity contribution in [2.75, 3.05) is 26.2 Å². The highest BCUT2D eigenvalue weighted by Gasteiger charge is 2.24. The first-order valence-corrected chi connectivity index (χ1v) is 6.50. The van der Waals surface area contributed by atoms with Crippen LogP contribution in [-0.4, -0.2) is 48.3 Å². The SMILES string of the molecule is OC(CN1CCCCCC1)C1CCCN1. The maximum Gasteiger partial charge on any atom is 0.0819 e. The van der Waals surface area contributed by atoms with Gasteiger partial charge in [0.25, 0.3) is 0 Å². The molecule has 2 fully saturated rings. The Morgan fingerprint density at radius 3 is 2.47 bits per heavy atom. The molecule has 2 aliphatic heterocycles. The maximum absolute atomic E-state index is 10.1. The van der Waals surface area contributed by atoms with Crippen molar-refractivity contribution in [2.45, 2.75) is 50.7 Å². The Labute approximate surface area is 92.8 Å². The first-order valence-electron chi connectivity index (χ1n) is 6.50. The Bertz CT molecular complexity index is 172. The minimum absolute atomic E-state index is 0.161. The van der Waals surface area contributed by atoms with Crippen molar-refractivity contribution in [3.05, 3.63) is 0 Å². The predicted octanol–water partition coefficient (Wildman–Crippen LogP) is 0.975. The van der Waals surface area contributed by atoms with Gasteiger partial charge >= 0.3 is 0 Å². The monoisotopic (exact) mass is 212 g/mol. The number of rotatable bonds is 3. The van der Waals surface area contributed by atoms with Crippen LogP contribution in [0.25, 0.3) is 0 Å². The summed E-state index contributed by atoms with van der Waals surface area (Å²) >= 11 is 0. The maximum atomic E-state index is 10.1. The summed E-state index contributed by atoms with van der Waals surface area (Å²) in [6.07, 6.45) is 7.57. The van der Waals surface area contributed by atoms with Crippen LogP contribution < -0.4 is 5.32 Å². The van der Waals surface area contributed by atoms with Crippen molar-refractivity contribution in [3.8, 4) is 0 Å². The molecule has 0 aromatic rings. The number of nitrogens with zero attached hydrogens (tertiary/aromatic N) is 1. The molecule has 3 nitrogen and oxygen atoms in total. The number of hydrogen-bond acceptors (Lipinski definition) is 3. The fourth-order valence-corrected chi connectivity index (χ4v) is 2.75. The second-order valence-electron chi connectivity index (χ2n) is 4.99. The lowest BCUT2D eigenvalue weighted by Gasteiger charge is -2.26. The van der Waals surface area contributed by atoms with Crippen LogP contribution in [0.2, 0.25) is 0 Å². The summed E-state index contributed by atoms with van der Waals surface area (Å²) < 4.78 is 0. The second kappa shape index (κ2) is 5.83. The van der Waals surface area contributed by atoms with E-state index in [-0.39, 0.29) is 6.10 Å². The molecule has 2 atom stereocenters. The molecule has 15 heavy (non-hydrogen) atoms. The van der Waals surface area contributed by atoms with E-state index in [1.807, 2.05) is 0 Å². The number of nitrogens with one attached hydrogen (secondary N) is 1. The molecule has 0 spiro atoms. The number of β-amino-alcohol motifs (C(OH)–C–C–N with tert-alkyl or cyclic N) is 1. The molecule has 0 amide bonds. The molecule has 0 radical (unpaired) electrons. The highest BCUT2D eigenvalue weighted by Crippen LogP contribution is 2.14. The van der Waals surface area contributed by atoms with Crippen molar-refractivity contribution in [1.82, 2.24) is 10.2 Å². The Balaban J connectivity index is 1.73. The van der Waals surface area contributed by atoms with Crippen molar-refractivity contribution in [1.29, 1.82) is 0 Å². The van der Waals surface area contributed by atoms with Gasteiger partial charge < -0.3 is 15.3 Å². The fourth-order valence-electron chi connectivity index (χ4n) is 2.75. The summed E-state index contributed by atoms with van der Waals surface area (Å²) in [5, 5.41) is 13.5. The van der Waals surface area contributed by atoms with E-state index in [0.29, 0.717) is 6.04 Å². The third-order valence-corrected chi connectivity index (χ3v) is 3.71. The average Bonchev–Trinajstić information content (AvgIpc) is 2.65. The van der Waals surface area contributed by atoms with E-state index in [9.17, 15) is 5.11 Å². The summed E-state index contributed by atoms with van der Waals surface area (Å²) in [6, 6.07) is 0.355. The summed E-state index contributed by atoms with van der Waals surface area (Å²) in [4.78, 5) is 2.44. The molecule has 0 bridgehead atoms. The van der Waals surface area contributed by atoms with Crippen LogP contribution in [-0.2, 0) is 0 Å². The molecule has 2 N–H and O–H groups in total. The van der Waals surface area contributed by atoms with E-state index in [1.54, 1.807) is 0 Å². The molecule has 88 valence electrons. The van der Waals surface area contributed by atoms with Gasteiger partial charge in [-0.2, -0.15) is 0 Å². The van der Waals surface area contributed by atoms with Gasteiger partial charge in [-0.15, -0.1) is 0 Å². The number of aliphatic hydroxyl groups is 1. The smallest absolute Gasteiger partial charge is 0.0819 e. The third kappa shape index (κ3) is 3.44. The van der Waals surface area contributed by atoms with Gasteiger partial charge in [0.2, 0.25) is 0 Å². The minimum atomic E-state index is -0.161. The molecule has 2 heterocycles. The van der Waals surface area contributed by atoms with E-state index >= 15 is 0 Å². The number of likely N-dealkylation sites (tertiary alicyclic amines) is 1. The zero-order valence-electron chi connectivity index (χ0n) is 9.62. The molecule has 0 aromatic carbocycles. The predicted molar refractivity (Wildman–Crippen MR) is 61.9 cm³/mol. The van der Waals surface area contributed by atoms with Gasteiger partial charge in [-0.25, -0.2) is 0 Å². The average molecular weight is 212 g/mol. The van der Waals surface area contributed by atoms with Gasteiger partial charge in [0, 0.05) is 12.6 Å². The molecule has 2 aliphatic rings. The van der Waals surface area contributed by atoms with Gasteiger partial charge in [0.1, 0.15) is 0 Å². The molecule has 3 heteroatoms. The van der Waals surface area contributed by atoms with Crippen LogP contribution in [0.5, 0.6) is 0 Å². The van der Waals surface area contributed by atoms with Gasteiger partial charge in [-0.3, -0.25) is 0 Å². The molecule has 0 aliphatic carbocycles. The zero-order chi connectivity index (χ0) is 10.5. The highest BCUT2D eigenvalue weighted by atomic mass is 16.3. The Morgan fingerprint density at radius 1 is 1.13 bits per heavy atom. The molecular weight excluding hydrogens is 188 g/mol. The van der Waals surface area contributed by atoms with E-state index in [4.69, 9.17) is 0 Å². The Hall–Kier alpha value is -0.120. The molecular formula is C12H24N2O. The minimum Gasteiger partial charge on any atom is -0.390 e. The first kappa shape index (κ1) is 11.4. The lowest BCUT2D eigenvalue weighted by atomic mass is 10.1. The van der Waals surface area contributed by atoms with E-state index in [0.717, 1.165) is 19.5 Å². The standard InChI is InChI=1S/C12H24N2O/c15-12(11-6-5-7-13-11)10-14-8-3-1-2-4-9-14/h11-13,15H,1-10H2. The van der Waals surface area contributed by atoms with Crippen molar-refractivity contribution < 1.29 is 5.11 Å². The summed E-state index contributed by atoms with van der Waals surface area (Å²) in [5.74, 6) is 0. The van der Waals surface area contributed by atoms with Crippen LogP contribution in [0.1, 0.15) is 38.5 Å². The van der Waals surface area contributed by atoms with Gasteiger partial charge in [-0.05, 0) is 45.3 Å². The Kier molecular flexibility index (Phi) is 4.42. The summed E-state index contributed by atoms with van der Waals surface area (Å²) in [5.41, 5.74) is 0. The summed E-state index contributed by atoms with van der Waals surface area (Å²) in [6.45, 7) is 4.33. The van der Waals surface area contributed by atoms with E-state index in [2.05, 4.69) is 10.2 Å². The molecule has 2 saturated heterocycles. The van der Waals surface area contributed by atoms with Crippen molar-refractivity contribution in [2.24, 2.45) is 0 Å². The highest BCUT2D eigenvalue weighted by molar-refractivity contribution is 4.83. The fraction of sp³-hybridized carbons (Fsp3) is 1.00. The van der Waals surface area contributed by atoms with Gasteiger partial charge in [0.05, 0.1) is 6.10 Å². The van der Waals surface area contributed by atoms with Gasteiger partial charge in [-0.1, -0.05) is 12.8 Å². The van der Waals surface area contributed by atoms with E-state index < -0.39 is 0 Å². The van der Waals surface area contributed by atoms with E-state index in [1.165, 1.54) is 45.2 Å². The van der Waals surface area contributed by atoms with Crippen molar-refractivity contribution in [3.63, 3.8) is 0 Å². The molecule has 0 saturated carbocycles. The van der Waals surface area contributed by atoms with Crippen LogP contribution in [0.4, 0.5) is 0 Å². The van der Waals surface area contributed by atoms with Crippen LogP contribution >= 0.6 is 0 Å². The van der Waals surface area contributed by atoms with Crippen LogP contribution in [0.3, 0.4) is 0 Å². The largest absolute Gasteiger partial charge is 0.390 e. The quantitative estimate of drug-likeness (QED) is 0.732. The van der Waals surface area contributed by atoms with Crippen LogP contribution in [0, 0.1) is 0 Å². The van der Waals surface area contributed by atoms with Gasteiger partial charge in [0.15, 0.2) is 0 Å². The normalized spacial score (nSPS) is 31.4. The molecule has 0 aromatic heterocycles. The molecule has 2 rings (SSSR count).